The van der Waals surface area contributed by atoms with Crippen molar-refractivity contribution in [3.05, 3.63) is 48.2 Å². The van der Waals surface area contributed by atoms with Crippen LogP contribution in [0.5, 0.6) is 5.75 Å². The maximum atomic E-state index is 7.50. The van der Waals surface area contributed by atoms with Crippen LogP contribution in [0.25, 0.3) is 0 Å². The van der Waals surface area contributed by atoms with Crippen LogP contribution in [0.15, 0.2) is 22.7 Å². The van der Waals surface area contributed by atoms with Crippen LogP contribution in [0.3, 0.4) is 0 Å². The summed E-state index contributed by atoms with van der Waals surface area (Å²) >= 11 is 3.47. The summed E-state index contributed by atoms with van der Waals surface area (Å²) in [6.07, 6.45) is -0.264. The van der Waals surface area contributed by atoms with E-state index in [1.165, 1.54) is 0 Å². The van der Waals surface area contributed by atoms with Gasteiger partial charge in [0.05, 0.1) is 24.8 Å². The van der Waals surface area contributed by atoms with Gasteiger partial charge in [0.2, 0.25) is 0 Å². The van der Waals surface area contributed by atoms with Crippen molar-refractivity contribution in [3.8, 4) is 5.75 Å². The van der Waals surface area contributed by atoms with E-state index in [4.69, 9.17) is 28.2 Å². The van der Waals surface area contributed by atoms with Crippen molar-refractivity contribution in [1.82, 2.24) is 0 Å². The zero-order chi connectivity index (χ0) is 16.0. The molecule has 1 fully saturated rings. The number of benzene rings is 1. The second-order valence-corrected chi connectivity index (χ2v) is 3.73. The minimum Gasteiger partial charge on any atom is 0 e. The third kappa shape index (κ3) is 8.25. The van der Waals surface area contributed by atoms with Crippen molar-refractivity contribution in [3.63, 3.8) is 0 Å². The number of ether oxygens (including phenoxy) is 3. The fraction of sp³-hybridized carbons (Fsp3) is 0.308. The molecular weight excluding hydrogens is 384 g/mol. The average molecular weight is 395 g/mol. The van der Waals surface area contributed by atoms with E-state index in [1.54, 1.807) is 7.11 Å². The Labute approximate surface area is 142 Å². The molecule has 21 heavy (non-hydrogen) atoms. The van der Waals surface area contributed by atoms with Gasteiger partial charge in [0, 0.05) is 22.9 Å². The van der Waals surface area contributed by atoms with E-state index in [2.05, 4.69) is 35.9 Å². The normalized spacial score (nSPS) is 11.8. The summed E-state index contributed by atoms with van der Waals surface area (Å²) in [5.74, 6) is 0.793. The van der Waals surface area contributed by atoms with Crippen molar-refractivity contribution in [1.29, 1.82) is 0 Å². The van der Waals surface area contributed by atoms with Crippen LogP contribution in [0.4, 0.5) is 0 Å². The molecule has 112 valence electrons. The quantitative estimate of drug-likeness (QED) is 0.569. The molecule has 0 aliphatic carbocycles. The second kappa shape index (κ2) is 17.2. The first-order valence-electron chi connectivity index (χ1n) is 5.00. The summed E-state index contributed by atoms with van der Waals surface area (Å²) in [4.78, 5) is 0. The van der Waals surface area contributed by atoms with Crippen LogP contribution in [0, 0.1) is 20.0 Å². The van der Waals surface area contributed by atoms with Gasteiger partial charge in [0.1, 0.15) is 5.75 Å². The molecule has 0 aromatic heterocycles. The first-order chi connectivity index (χ1) is 9.83. The van der Waals surface area contributed by atoms with Gasteiger partial charge >= 0.3 is 33.9 Å². The molecule has 0 amide bonds. The summed E-state index contributed by atoms with van der Waals surface area (Å²) in [5.41, 5.74) is 0.974. The van der Waals surface area contributed by atoms with Crippen LogP contribution >= 0.6 is 15.9 Å². The minimum absolute atomic E-state index is 0. The molecule has 0 N–H and O–H groups in total. The first kappa shape index (κ1) is 25.1. The van der Waals surface area contributed by atoms with Crippen molar-refractivity contribution >= 4 is 15.9 Å². The van der Waals surface area contributed by atoms with Crippen molar-refractivity contribution in [2.75, 3.05) is 20.3 Å². The molecule has 0 unspecified atom stereocenters. The van der Waals surface area contributed by atoms with Crippen molar-refractivity contribution < 1.29 is 45.5 Å². The van der Waals surface area contributed by atoms with Crippen molar-refractivity contribution in [2.45, 2.75) is 6.29 Å². The zero-order valence-electron chi connectivity index (χ0n) is 11.0. The summed E-state index contributed by atoms with van der Waals surface area (Å²) in [6, 6.07) is 5.77. The number of halogens is 1. The largest absolute Gasteiger partial charge is 0 e. The van der Waals surface area contributed by atoms with E-state index >= 15 is 0 Å². The molecule has 1 heterocycles. The molecule has 6 nitrogen and oxygen atoms in total. The maximum Gasteiger partial charge on any atom is 0 e. The molecule has 0 spiro atoms. The van der Waals surface area contributed by atoms with Crippen LogP contribution < -0.4 is 4.74 Å². The van der Waals surface area contributed by atoms with Gasteiger partial charge in [-0.25, -0.2) is 0 Å². The van der Waals surface area contributed by atoms with E-state index in [0.29, 0.717) is 13.2 Å². The molecule has 1 aliphatic heterocycles. The molecule has 0 saturated carbocycles. The van der Waals surface area contributed by atoms with Crippen LogP contribution in [-0.4, -0.2) is 20.3 Å². The molecule has 1 aromatic carbocycles. The van der Waals surface area contributed by atoms with Gasteiger partial charge in [0.25, 0.3) is 0 Å². The number of hydrogen-bond acceptors (Lipinski definition) is 3. The molecule has 1 aliphatic rings. The fourth-order valence-corrected chi connectivity index (χ4v) is 2.02. The number of methoxy groups -OCH3 is 1. The molecule has 8 heteroatoms. The molecular formula is C13H11BrCrO6. The maximum absolute atomic E-state index is 7.50. The van der Waals surface area contributed by atoms with Gasteiger partial charge in [0.15, 0.2) is 6.29 Å². The molecule has 0 atom stereocenters. The van der Waals surface area contributed by atoms with Gasteiger partial charge in [-0.3, -0.25) is 0 Å². The predicted molar refractivity (Wildman–Crippen MR) is 67.1 cm³/mol. The van der Waals surface area contributed by atoms with Gasteiger partial charge in [-0.15, -0.1) is 0 Å². The topological polar surface area (TPSA) is 87.4 Å². The van der Waals surface area contributed by atoms with Crippen LogP contribution in [-0.2, 0) is 40.8 Å². The van der Waals surface area contributed by atoms with E-state index in [9.17, 15) is 0 Å². The standard InChI is InChI=1S/C10H11BrO3.3CO.Cr/c1-12-8-4-2-3-7(9(8)11)10-13-5-6-14-10;3*1-2;/h2-4,10H,5-6H2,1H3;;;;. The molecule has 0 radical (unpaired) electrons. The predicted octanol–water partition coefficient (Wildman–Crippen LogP) is 2.39. The van der Waals surface area contributed by atoms with Gasteiger partial charge in [-0.2, -0.15) is 0 Å². The van der Waals surface area contributed by atoms with Crippen molar-refractivity contribution in [2.24, 2.45) is 0 Å². The Morgan fingerprint density at radius 3 is 2.00 bits per heavy atom. The number of hydrogen-bond donors (Lipinski definition) is 0. The Bertz CT molecular complexity index is 426. The summed E-state index contributed by atoms with van der Waals surface area (Å²) in [6.45, 7) is 14.8. The third-order valence-electron chi connectivity index (χ3n) is 2.09. The van der Waals surface area contributed by atoms with E-state index in [-0.39, 0.29) is 23.7 Å². The number of rotatable bonds is 2. The first-order valence-corrected chi connectivity index (χ1v) is 5.79. The Balaban J connectivity index is -0.000000414. The smallest absolute Gasteiger partial charge is 0 e. The zero-order valence-corrected chi connectivity index (χ0v) is 13.8. The monoisotopic (exact) mass is 394 g/mol. The summed E-state index contributed by atoms with van der Waals surface area (Å²) < 4.78 is 39.4. The van der Waals surface area contributed by atoms with Crippen LogP contribution in [0.1, 0.15) is 11.9 Å². The average Bonchev–Trinajstić information content (AvgIpc) is 3.08. The summed E-state index contributed by atoms with van der Waals surface area (Å²) in [5, 5.41) is 0. The van der Waals surface area contributed by atoms with E-state index < -0.39 is 0 Å². The van der Waals surface area contributed by atoms with E-state index in [1.807, 2.05) is 18.2 Å². The van der Waals surface area contributed by atoms with E-state index in [0.717, 1.165) is 15.8 Å². The van der Waals surface area contributed by atoms with Gasteiger partial charge in [-0.05, 0) is 22.0 Å². The molecule has 1 aromatic rings. The molecule has 1 saturated heterocycles. The molecule has 2 rings (SSSR count). The van der Waals surface area contributed by atoms with Crippen LogP contribution in [0.2, 0.25) is 0 Å². The Morgan fingerprint density at radius 1 is 1.10 bits per heavy atom. The Kier molecular flexibility index (Phi) is 20.6. The summed E-state index contributed by atoms with van der Waals surface area (Å²) in [7, 11) is 1.64. The Morgan fingerprint density at radius 2 is 1.57 bits per heavy atom. The minimum atomic E-state index is -0.264. The molecule has 0 bridgehead atoms. The second-order valence-electron chi connectivity index (χ2n) is 2.94. The van der Waals surface area contributed by atoms with Gasteiger partial charge in [-0.1, -0.05) is 12.1 Å². The fourth-order valence-electron chi connectivity index (χ4n) is 1.41. The SMILES string of the molecule is COc1cccc(C2OCCO2)c1Br.[C-]#[O+].[C-]#[O+].[C-]#[O+].[Cr]. The van der Waals surface area contributed by atoms with Gasteiger partial charge < -0.3 is 14.2 Å². The third-order valence-corrected chi connectivity index (χ3v) is 2.94. The Hall–Kier alpha value is -0.828.